The molecule has 2 N–H and O–H groups in total. The van der Waals surface area contributed by atoms with Gasteiger partial charge in [0.15, 0.2) is 0 Å². The van der Waals surface area contributed by atoms with E-state index in [0.717, 1.165) is 6.42 Å². The van der Waals surface area contributed by atoms with Crippen LogP contribution in [-0.2, 0) is 6.42 Å². The summed E-state index contributed by atoms with van der Waals surface area (Å²) in [5, 5.41) is 0. The molecule has 0 saturated carbocycles. The highest BCUT2D eigenvalue weighted by Crippen LogP contribution is 2.23. The van der Waals surface area contributed by atoms with Gasteiger partial charge in [-0.3, -0.25) is 0 Å². The number of benzene rings is 1. The first kappa shape index (κ1) is 16.2. The molecule has 1 heteroatoms. The Morgan fingerprint density at radius 1 is 0.947 bits per heavy atom. The molecule has 108 valence electrons. The lowest BCUT2D eigenvalue weighted by Crippen LogP contribution is -2.32. The van der Waals surface area contributed by atoms with E-state index in [1.54, 1.807) is 0 Å². The molecule has 0 fully saturated rings. The molecule has 0 aromatic heterocycles. The van der Waals surface area contributed by atoms with Crippen LogP contribution in [0.3, 0.4) is 0 Å². The summed E-state index contributed by atoms with van der Waals surface area (Å²) in [4.78, 5) is 0. The highest BCUT2D eigenvalue weighted by molar-refractivity contribution is 5.38. The first-order valence-corrected chi connectivity index (χ1v) is 7.81. The van der Waals surface area contributed by atoms with Gasteiger partial charge >= 0.3 is 0 Å². The van der Waals surface area contributed by atoms with Crippen LogP contribution in [0.2, 0.25) is 0 Å². The van der Waals surface area contributed by atoms with Crippen molar-refractivity contribution in [2.24, 2.45) is 11.7 Å². The van der Waals surface area contributed by atoms with E-state index in [1.807, 2.05) is 0 Å². The number of hydrogen-bond acceptors (Lipinski definition) is 1. The Bertz CT molecular complexity index is 366. The summed E-state index contributed by atoms with van der Waals surface area (Å²) >= 11 is 0. The maximum atomic E-state index is 6.50. The number of rotatable bonds is 7. The van der Waals surface area contributed by atoms with Gasteiger partial charge in [-0.2, -0.15) is 0 Å². The zero-order chi connectivity index (χ0) is 14.4. The zero-order valence-corrected chi connectivity index (χ0v) is 13.4. The van der Waals surface area contributed by atoms with Gasteiger partial charge in [-0.05, 0) is 62.6 Å². The summed E-state index contributed by atoms with van der Waals surface area (Å²) in [6.07, 6.45) is 6.04. The molecule has 1 aromatic carbocycles. The van der Waals surface area contributed by atoms with Gasteiger partial charge in [-0.1, -0.05) is 44.4 Å². The molecule has 0 heterocycles. The molecule has 0 saturated heterocycles. The average Bonchev–Trinajstić information content (AvgIpc) is 2.33. The lowest BCUT2D eigenvalue weighted by Gasteiger charge is -2.25. The third-order valence-corrected chi connectivity index (χ3v) is 4.20. The van der Waals surface area contributed by atoms with Crippen molar-refractivity contribution < 1.29 is 0 Å². The van der Waals surface area contributed by atoms with Crippen molar-refractivity contribution in [3.05, 3.63) is 34.4 Å². The Labute approximate surface area is 119 Å². The molecule has 1 unspecified atom stereocenters. The fraction of sp³-hybridized carbons (Fsp3) is 0.667. The molecule has 0 aliphatic rings. The summed E-state index contributed by atoms with van der Waals surface area (Å²) in [7, 11) is 0. The molecule has 0 bridgehead atoms. The van der Waals surface area contributed by atoms with Crippen molar-refractivity contribution in [2.45, 2.75) is 72.8 Å². The van der Waals surface area contributed by atoms with Crippen LogP contribution in [-0.4, -0.2) is 6.04 Å². The molecule has 0 amide bonds. The van der Waals surface area contributed by atoms with Crippen molar-refractivity contribution >= 4 is 0 Å². The summed E-state index contributed by atoms with van der Waals surface area (Å²) in [5.74, 6) is 0.676. The Morgan fingerprint density at radius 3 is 1.84 bits per heavy atom. The minimum Gasteiger partial charge on any atom is -0.327 e. The Kier molecular flexibility index (Phi) is 6.57. The maximum absolute atomic E-state index is 6.50. The molecule has 1 atom stereocenters. The van der Waals surface area contributed by atoms with E-state index >= 15 is 0 Å². The van der Waals surface area contributed by atoms with E-state index in [0.29, 0.717) is 12.0 Å². The first-order chi connectivity index (χ1) is 8.99. The quantitative estimate of drug-likeness (QED) is 0.756. The molecule has 1 rings (SSSR count). The molecule has 0 aliphatic carbocycles. The van der Waals surface area contributed by atoms with Gasteiger partial charge in [-0.25, -0.2) is 0 Å². The van der Waals surface area contributed by atoms with Gasteiger partial charge in [0, 0.05) is 6.04 Å². The molecule has 0 spiro atoms. The summed E-state index contributed by atoms with van der Waals surface area (Å²) < 4.78 is 0. The van der Waals surface area contributed by atoms with Gasteiger partial charge in [0.05, 0.1) is 0 Å². The number of aryl methyl sites for hydroxylation is 3. The smallest absolute Gasteiger partial charge is 0.0108 e. The van der Waals surface area contributed by atoms with E-state index in [4.69, 9.17) is 5.73 Å². The van der Waals surface area contributed by atoms with Gasteiger partial charge in [0.2, 0.25) is 0 Å². The fourth-order valence-electron chi connectivity index (χ4n) is 3.25. The Hall–Kier alpha value is -0.820. The third-order valence-electron chi connectivity index (χ3n) is 4.20. The molecule has 1 aromatic rings. The normalized spacial score (nSPS) is 13.0. The molecular formula is C18H31N. The second kappa shape index (κ2) is 7.69. The lowest BCUT2D eigenvalue weighted by atomic mass is 9.85. The highest BCUT2D eigenvalue weighted by Gasteiger charge is 2.18. The van der Waals surface area contributed by atoms with Crippen LogP contribution < -0.4 is 5.73 Å². The van der Waals surface area contributed by atoms with Gasteiger partial charge < -0.3 is 5.73 Å². The standard InChI is InChI=1S/C18H31N/c1-6-8-16(9-7-2)18(19)12-17-14(4)10-13(3)11-15(17)5/h10-11,16,18H,6-9,12,19H2,1-5H3. The van der Waals surface area contributed by atoms with E-state index in [1.165, 1.54) is 47.9 Å². The van der Waals surface area contributed by atoms with Gasteiger partial charge in [-0.15, -0.1) is 0 Å². The largest absolute Gasteiger partial charge is 0.327 e. The number of hydrogen-bond donors (Lipinski definition) is 1. The van der Waals surface area contributed by atoms with Crippen LogP contribution in [0.1, 0.15) is 61.8 Å². The summed E-state index contributed by atoms with van der Waals surface area (Å²) in [5.41, 5.74) is 12.1. The van der Waals surface area contributed by atoms with E-state index < -0.39 is 0 Å². The fourth-order valence-corrected chi connectivity index (χ4v) is 3.25. The minimum atomic E-state index is 0.306. The highest BCUT2D eigenvalue weighted by atomic mass is 14.6. The summed E-state index contributed by atoms with van der Waals surface area (Å²) in [6.45, 7) is 11.1. The minimum absolute atomic E-state index is 0.306. The SMILES string of the molecule is CCCC(CCC)C(N)Cc1c(C)cc(C)cc1C. The van der Waals surface area contributed by atoms with E-state index in [9.17, 15) is 0 Å². The van der Waals surface area contributed by atoms with Gasteiger partial charge in [0.25, 0.3) is 0 Å². The monoisotopic (exact) mass is 261 g/mol. The predicted octanol–water partition coefficient (Wildman–Crippen LogP) is 4.70. The van der Waals surface area contributed by atoms with Crippen molar-refractivity contribution in [2.75, 3.05) is 0 Å². The second-order valence-corrected chi connectivity index (χ2v) is 6.08. The molecule has 1 nitrogen and oxygen atoms in total. The van der Waals surface area contributed by atoms with Gasteiger partial charge in [0.1, 0.15) is 0 Å². The zero-order valence-electron chi connectivity index (χ0n) is 13.4. The maximum Gasteiger partial charge on any atom is 0.0108 e. The Morgan fingerprint density at radius 2 is 1.42 bits per heavy atom. The van der Waals surface area contributed by atoms with Crippen molar-refractivity contribution in [1.29, 1.82) is 0 Å². The van der Waals surface area contributed by atoms with Crippen LogP contribution in [0.25, 0.3) is 0 Å². The average molecular weight is 261 g/mol. The lowest BCUT2D eigenvalue weighted by molar-refractivity contribution is 0.359. The molecule has 0 radical (unpaired) electrons. The second-order valence-electron chi connectivity index (χ2n) is 6.08. The van der Waals surface area contributed by atoms with Crippen LogP contribution in [0.5, 0.6) is 0 Å². The first-order valence-electron chi connectivity index (χ1n) is 7.81. The third kappa shape index (κ3) is 4.65. The van der Waals surface area contributed by atoms with Crippen LogP contribution in [0, 0.1) is 26.7 Å². The van der Waals surface area contributed by atoms with Crippen LogP contribution in [0.15, 0.2) is 12.1 Å². The van der Waals surface area contributed by atoms with Crippen LogP contribution >= 0.6 is 0 Å². The van der Waals surface area contributed by atoms with Crippen LogP contribution in [0.4, 0.5) is 0 Å². The number of nitrogens with two attached hydrogens (primary N) is 1. The van der Waals surface area contributed by atoms with E-state index in [-0.39, 0.29) is 0 Å². The van der Waals surface area contributed by atoms with E-state index in [2.05, 4.69) is 46.8 Å². The topological polar surface area (TPSA) is 26.0 Å². The van der Waals surface area contributed by atoms with Crippen molar-refractivity contribution in [1.82, 2.24) is 0 Å². The van der Waals surface area contributed by atoms with Crippen molar-refractivity contribution in [3.63, 3.8) is 0 Å². The van der Waals surface area contributed by atoms with Crippen molar-refractivity contribution in [3.8, 4) is 0 Å². The predicted molar refractivity (Wildman–Crippen MR) is 85.6 cm³/mol. The Balaban J connectivity index is 2.82. The summed E-state index contributed by atoms with van der Waals surface area (Å²) in [6, 6.07) is 4.87. The molecule has 0 aliphatic heterocycles. The molecule has 19 heavy (non-hydrogen) atoms. The molecular weight excluding hydrogens is 230 g/mol.